The third kappa shape index (κ3) is 4.08. The molecule has 0 spiro atoms. The van der Waals surface area contributed by atoms with Gasteiger partial charge in [0, 0.05) is 24.2 Å². The van der Waals surface area contributed by atoms with Crippen molar-refractivity contribution in [2.45, 2.75) is 39.5 Å². The van der Waals surface area contributed by atoms with E-state index in [4.69, 9.17) is 5.11 Å². The van der Waals surface area contributed by atoms with Gasteiger partial charge in [0.25, 0.3) is 5.91 Å². The van der Waals surface area contributed by atoms with Gasteiger partial charge in [-0.25, -0.2) is 0 Å². The van der Waals surface area contributed by atoms with E-state index in [1.54, 1.807) is 6.07 Å². The number of amides is 1. The van der Waals surface area contributed by atoms with E-state index in [2.05, 4.69) is 10.2 Å². The molecule has 0 radical (unpaired) electrons. The monoisotopic (exact) mass is 267 g/mol. The second-order valence-electron chi connectivity index (χ2n) is 5.45. The highest BCUT2D eigenvalue weighted by Crippen LogP contribution is 2.20. The van der Waals surface area contributed by atoms with Crippen LogP contribution < -0.4 is 0 Å². The second kappa shape index (κ2) is 5.86. The molecule has 1 heterocycles. The molecule has 2 N–H and O–H groups in total. The molecule has 1 amide bonds. The summed E-state index contributed by atoms with van der Waals surface area (Å²) in [7, 11) is 0. The molecule has 6 heteroatoms. The second-order valence-corrected chi connectivity index (χ2v) is 5.45. The lowest BCUT2D eigenvalue weighted by Crippen LogP contribution is -2.33. The number of aromatic amines is 1. The molecule has 0 aliphatic carbocycles. The molecule has 0 aliphatic rings. The van der Waals surface area contributed by atoms with Crippen LogP contribution in [0.3, 0.4) is 0 Å². The van der Waals surface area contributed by atoms with Crippen molar-refractivity contribution in [3.05, 3.63) is 17.5 Å². The summed E-state index contributed by atoms with van der Waals surface area (Å²) in [5, 5.41) is 15.5. The lowest BCUT2D eigenvalue weighted by Gasteiger charge is -2.18. The minimum atomic E-state index is -0.913. The van der Waals surface area contributed by atoms with Crippen molar-refractivity contribution >= 4 is 11.9 Å². The van der Waals surface area contributed by atoms with Gasteiger partial charge in [0.2, 0.25) is 0 Å². The van der Waals surface area contributed by atoms with Crippen LogP contribution in [0.4, 0.5) is 0 Å². The number of aliphatic carboxylic acids is 1. The van der Waals surface area contributed by atoms with Crippen LogP contribution >= 0.6 is 0 Å². The number of carboxylic acids is 1. The Morgan fingerprint density at radius 1 is 1.42 bits per heavy atom. The maximum atomic E-state index is 12.2. The molecule has 0 bridgehead atoms. The minimum absolute atomic E-state index is 0.0594. The molecule has 6 nitrogen and oxygen atoms in total. The summed E-state index contributed by atoms with van der Waals surface area (Å²) in [6, 6.07) is 1.73. The molecule has 0 aromatic carbocycles. The van der Waals surface area contributed by atoms with Crippen molar-refractivity contribution in [1.82, 2.24) is 15.1 Å². The summed E-state index contributed by atoms with van der Waals surface area (Å²) >= 11 is 0. The fourth-order valence-electron chi connectivity index (χ4n) is 1.61. The van der Waals surface area contributed by atoms with E-state index in [9.17, 15) is 9.59 Å². The zero-order valence-corrected chi connectivity index (χ0v) is 11.9. The Labute approximate surface area is 112 Å². The molecule has 1 aromatic rings. The van der Waals surface area contributed by atoms with E-state index < -0.39 is 5.97 Å². The average Bonchev–Trinajstić information content (AvgIpc) is 2.77. The topological polar surface area (TPSA) is 86.3 Å². The van der Waals surface area contributed by atoms with Crippen LogP contribution in [-0.2, 0) is 10.2 Å². The maximum absolute atomic E-state index is 12.2. The van der Waals surface area contributed by atoms with Crippen LogP contribution in [0, 0.1) is 0 Å². The first kappa shape index (κ1) is 15.2. The fourth-order valence-corrected chi connectivity index (χ4v) is 1.61. The summed E-state index contributed by atoms with van der Waals surface area (Å²) in [4.78, 5) is 24.2. The van der Waals surface area contributed by atoms with Gasteiger partial charge in [-0.2, -0.15) is 5.10 Å². The molecule has 0 aliphatic heterocycles. The van der Waals surface area contributed by atoms with Gasteiger partial charge in [0.1, 0.15) is 5.69 Å². The number of nitrogens with one attached hydrogen (secondary N) is 1. The van der Waals surface area contributed by atoms with Crippen LogP contribution in [0.15, 0.2) is 6.07 Å². The Morgan fingerprint density at radius 2 is 2.05 bits per heavy atom. The number of hydrogen-bond acceptors (Lipinski definition) is 3. The van der Waals surface area contributed by atoms with E-state index in [1.165, 1.54) is 4.90 Å². The average molecular weight is 267 g/mol. The molecule has 19 heavy (non-hydrogen) atoms. The van der Waals surface area contributed by atoms with Crippen molar-refractivity contribution in [1.29, 1.82) is 0 Å². The molecule has 0 saturated carbocycles. The third-order valence-corrected chi connectivity index (χ3v) is 2.87. The smallest absolute Gasteiger partial charge is 0.305 e. The maximum Gasteiger partial charge on any atom is 0.305 e. The zero-order chi connectivity index (χ0) is 14.6. The first-order valence-electron chi connectivity index (χ1n) is 6.32. The largest absolute Gasteiger partial charge is 0.481 e. The summed E-state index contributed by atoms with van der Waals surface area (Å²) in [6.45, 7) is 8.55. The first-order chi connectivity index (χ1) is 8.75. The van der Waals surface area contributed by atoms with Crippen molar-refractivity contribution in [2.24, 2.45) is 0 Å². The molecule has 0 unspecified atom stereocenters. The normalized spacial score (nSPS) is 11.4. The van der Waals surface area contributed by atoms with Crippen LogP contribution in [0.2, 0.25) is 0 Å². The number of nitrogens with zero attached hydrogens (tertiary/aromatic N) is 2. The highest BCUT2D eigenvalue weighted by atomic mass is 16.4. The SMILES string of the molecule is CCN(CCC(=O)O)C(=O)c1cc(C(C)(C)C)[nH]n1. The van der Waals surface area contributed by atoms with Crippen molar-refractivity contribution < 1.29 is 14.7 Å². The van der Waals surface area contributed by atoms with E-state index in [0.717, 1.165) is 5.69 Å². The Bertz CT molecular complexity index is 460. The predicted molar refractivity (Wildman–Crippen MR) is 71.1 cm³/mol. The van der Waals surface area contributed by atoms with Gasteiger partial charge in [-0.05, 0) is 13.0 Å². The molecule has 106 valence electrons. The van der Waals surface area contributed by atoms with Crippen molar-refractivity contribution in [3.8, 4) is 0 Å². The third-order valence-electron chi connectivity index (χ3n) is 2.87. The van der Waals surface area contributed by atoms with E-state index in [-0.39, 0.29) is 24.3 Å². The Hall–Kier alpha value is -1.85. The molecular formula is C13H21N3O3. The highest BCUT2D eigenvalue weighted by molar-refractivity contribution is 5.92. The van der Waals surface area contributed by atoms with E-state index in [0.29, 0.717) is 12.2 Å². The summed E-state index contributed by atoms with van der Waals surface area (Å²) in [5.41, 5.74) is 1.10. The lowest BCUT2D eigenvalue weighted by atomic mass is 9.92. The van der Waals surface area contributed by atoms with Gasteiger partial charge in [-0.15, -0.1) is 0 Å². The Kier molecular flexibility index (Phi) is 4.69. The minimum Gasteiger partial charge on any atom is -0.481 e. The molecule has 1 rings (SSSR count). The first-order valence-corrected chi connectivity index (χ1v) is 6.32. The van der Waals surface area contributed by atoms with Gasteiger partial charge in [-0.3, -0.25) is 14.7 Å². The molecule has 0 fully saturated rings. The number of carbonyl (C=O) groups excluding carboxylic acids is 1. The molecule has 1 aromatic heterocycles. The van der Waals surface area contributed by atoms with Gasteiger partial charge in [0.15, 0.2) is 0 Å². The number of hydrogen-bond donors (Lipinski definition) is 2. The molecule has 0 saturated heterocycles. The number of H-pyrrole nitrogens is 1. The van der Waals surface area contributed by atoms with E-state index in [1.807, 2.05) is 27.7 Å². The van der Waals surface area contributed by atoms with Crippen molar-refractivity contribution in [2.75, 3.05) is 13.1 Å². The van der Waals surface area contributed by atoms with E-state index >= 15 is 0 Å². The zero-order valence-electron chi connectivity index (χ0n) is 11.9. The Balaban J connectivity index is 2.80. The van der Waals surface area contributed by atoms with Crippen molar-refractivity contribution in [3.63, 3.8) is 0 Å². The summed E-state index contributed by atoms with van der Waals surface area (Å²) < 4.78 is 0. The van der Waals surface area contributed by atoms with Crippen LogP contribution in [0.1, 0.15) is 50.3 Å². The van der Waals surface area contributed by atoms with Gasteiger partial charge >= 0.3 is 5.97 Å². The number of aromatic nitrogens is 2. The summed E-state index contributed by atoms with van der Waals surface area (Å²) in [5.74, 6) is -1.15. The van der Waals surface area contributed by atoms with Gasteiger partial charge < -0.3 is 10.0 Å². The quantitative estimate of drug-likeness (QED) is 0.849. The molecular weight excluding hydrogens is 246 g/mol. The Morgan fingerprint density at radius 3 is 2.47 bits per heavy atom. The van der Waals surface area contributed by atoms with Gasteiger partial charge in [-0.1, -0.05) is 20.8 Å². The van der Waals surface area contributed by atoms with Crippen LogP contribution in [0.5, 0.6) is 0 Å². The standard InChI is InChI=1S/C13H21N3O3/c1-5-16(7-6-11(17)18)12(19)9-8-10(15-14-9)13(2,3)4/h8H,5-7H2,1-4H3,(H,14,15)(H,17,18). The number of carbonyl (C=O) groups is 2. The van der Waals surface area contributed by atoms with Crippen LogP contribution in [0.25, 0.3) is 0 Å². The fraction of sp³-hybridized carbons (Fsp3) is 0.615. The number of rotatable bonds is 5. The molecule has 0 atom stereocenters. The van der Waals surface area contributed by atoms with Crippen LogP contribution in [-0.4, -0.2) is 45.2 Å². The lowest BCUT2D eigenvalue weighted by molar-refractivity contribution is -0.137. The number of carboxylic acid groups (broad SMARTS) is 1. The predicted octanol–water partition coefficient (Wildman–Crippen LogP) is 1.64. The van der Waals surface area contributed by atoms with Gasteiger partial charge in [0.05, 0.1) is 6.42 Å². The highest BCUT2D eigenvalue weighted by Gasteiger charge is 2.22. The summed E-state index contributed by atoms with van der Waals surface area (Å²) in [6.07, 6.45) is -0.0594.